The van der Waals surface area contributed by atoms with E-state index in [1.807, 2.05) is 0 Å². The van der Waals surface area contributed by atoms with Crippen LogP contribution in [0, 0.1) is 0 Å². The van der Waals surface area contributed by atoms with Crippen LogP contribution in [-0.4, -0.2) is 22.6 Å². The van der Waals surface area contributed by atoms with Crippen LogP contribution in [0.1, 0.15) is 29.1 Å². The Hall–Kier alpha value is -2.86. The summed E-state index contributed by atoms with van der Waals surface area (Å²) in [5, 5.41) is 3.83. The van der Waals surface area contributed by atoms with Crippen molar-refractivity contribution < 1.29 is 9.53 Å². The number of hydrogen-bond donors (Lipinski definition) is 1. The van der Waals surface area contributed by atoms with Crippen LogP contribution in [0.25, 0.3) is 10.9 Å². The van der Waals surface area contributed by atoms with Crippen molar-refractivity contribution in [1.29, 1.82) is 0 Å². The summed E-state index contributed by atoms with van der Waals surface area (Å²) < 4.78 is 6.66. The number of fused-ring (bicyclic) bond motifs is 1. The summed E-state index contributed by atoms with van der Waals surface area (Å²) in [6.45, 7) is 1.77. The Labute approximate surface area is 155 Å². The summed E-state index contributed by atoms with van der Waals surface area (Å²) in [7, 11) is 3.14. The van der Waals surface area contributed by atoms with E-state index in [2.05, 4.69) is 10.3 Å². The molecule has 1 unspecified atom stereocenters. The van der Waals surface area contributed by atoms with Gasteiger partial charge in [0.25, 0.3) is 11.5 Å². The molecule has 1 amide bonds. The lowest BCUT2D eigenvalue weighted by atomic mass is 10.1. The Kier molecular flexibility index (Phi) is 4.95. The second-order valence-electron chi connectivity index (χ2n) is 5.89. The predicted octanol–water partition coefficient (Wildman–Crippen LogP) is 3.09. The Morgan fingerprint density at radius 3 is 2.73 bits per heavy atom. The van der Waals surface area contributed by atoms with Crippen LogP contribution in [0.15, 0.2) is 47.3 Å². The van der Waals surface area contributed by atoms with Crippen LogP contribution in [0.5, 0.6) is 5.75 Å². The van der Waals surface area contributed by atoms with Gasteiger partial charge < -0.3 is 10.1 Å². The van der Waals surface area contributed by atoms with E-state index in [0.29, 0.717) is 33.1 Å². The Morgan fingerprint density at radius 2 is 2.00 bits per heavy atom. The van der Waals surface area contributed by atoms with E-state index >= 15 is 0 Å². The molecule has 0 saturated heterocycles. The maximum atomic E-state index is 12.6. The molecule has 3 rings (SSSR count). The Bertz CT molecular complexity index is 1050. The Morgan fingerprint density at radius 1 is 1.27 bits per heavy atom. The minimum atomic E-state index is -0.492. The first-order valence-corrected chi connectivity index (χ1v) is 8.40. The van der Waals surface area contributed by atoms with E-state index in [-0.39, 0.29) is 11.5 Å². The minimum absolute atomic E-state index is 0.194. The monoisotopic (exact) mass is 371 g/mol. The van der Waals surface area contributed by atoms with Gasteiger partial charge in [0.1, 0.15) is 11.6 Å². The lowest BCUT2D eigenvalue weighted by Crippen LogP contribution is -2.32. The smallest absolute Gasteiger partial charge is 0.261 e. The first-order chi connectivity index (χ1) is 12.4. The summed E-state index contributed by atoms with van der Waals surface area (Å²) in [5.41, 5.74) is 0.713. The second kappa shape index (κ2) is 7.17. The zero-order valence-electron chi connectivity index (χ0n) is 14.6. The van der Waals surface area contributed by atoms with Gasteiger partial charge in [-0.2, -0.15) is 0 Å². The molecule has 7 heteroatoms. The molecule has 0 aliphatic rings. The quantitative estimate of drug-likeness (QED) is 0.764. The number of methoxy groups -OCH3 is 1. The third-order valence-corrected chi connectivity index (χ3v) is 4.40. The van der Waals surface area contributed by atoms with Crippen molar-refractivity contribution >= 4 is 28.4 Å². The van der Waals surface area contributed by atoms with E-state index in [1.165, 1.54) is 11.7 Å². The summed E-state index contributed by atoms with van der Waals surface area (Å²) in [6.07, 6.45) is 0. The number of amides is 1. The van der Waals surface area contributed by atoms with E-state index in [4.69, 9.17) is 16.3 Å². The summed E-state index contributed by atoms with van der Waals surface area (Å²) in [6, 6.07) is 11.4. The van der Waals surface area contributed by atoms with Crippen LogP contribution in [0.2, 0.25) is 5.02 Å². The first-order valence-electron chi connectivity index (χ1n) is 8.02. The topological polar surface area (TPSA) is 73.2 Å². The standard InChI is InChI=1S/C19H18ClN3O3/c1-11(21-18(24)14-6-4-5-7-16(14)26-3)17-22-15-10-12(20)8-9-13(15)19(25)23(17)2/h4-11H,1-3H3,(H,21,24). The van der Waals surface area contributed by atoms with Gasteiger partial charge in [-0.15, -0.1) is 0 Å². The fourth-order valence-corrected chi connectivity index (χ4v) is 2.99. The average Bonchev–Trinajstić information content (AvgIpc) is 2.64. The van der Waals surface area contributed by atoms with Crippen molar-refractivity contribution in [2.45, 2.75) is 13.0 Å². The van der Waals surface area contributed by atoms with Gasteiger partial charge >= 0.3 is 0 Å². The van der Waals surface area contributed by atoms with E-state index < -0.39 is 6.04 Å². The van der Waals surface area contributed by atoms with Crippen LogP contribution < -0.4 is 15.6 Å². The molecule has 0 aliphatic carbocycles. The molecule has 0 fully saturated rings. The largest absolute Gasteiger partial charge is 0.496 e. The predicted molar refractivity (Wildman–Crippen MR) is 101 cm³/mol. The fraction of sp³-hybridized carbons (Fsp3) is 0.211. The first kappa shape index (κ1) is 17.9. The van der Waals surface area contributed by atoms with Gasteiger partial charge in [-0.05, 0) is 37.3 Å². The molecule has 0 saturated carbocycles. The number of halogens is 1. The molecule has 0 aliphatic heterocycles. The number of benzene rings is 2. The number of nitrogens with zero attached hydrogens (tertiary/aromatic N) is 2. The fourth-order valence-electron chi connectivity index (χ4n) is 2.82. The van der Waals surface area contributed by atoms with E-state index in [1.54, 1.807) is 56.4 Å². The molecule has 3 aromatic rings. The normalized spacial score (nSPS) is 12.0. The van der Waals surface area contributed by atoms with Crippen molar-refractivity contribution in [3.63, 3.8) is 0 Å². The van der Waals surface area contributed by atoms with Crippen molar-refractivity contribution in [1.82, 2.24) is 14.9 Å². The zero-order valence-corrected chi connectivity index (χ0v) is 15.4. The molecule has 0 radical (unpaired) electrons. The molecule has 2 aromatic carbocycles. The molecule has 1 aromatic heterocycles. The number of hydrogen-bond acceptors (Lipinski definition) is 4. The molecule has 0 spiro atoms. The summed E-state index contributed by atoms with van der Waals surface area (Å²) in [5.74, 6) is 0.604. The molecular weight excluding hydrogens is 354 g/mol. The number of carbonyl (C=O) groups is 1. The Balaban J connectivity index is 1.97. The van der Waals surface area contributed by atoms with Gasteiger partial charge in [0, 0.05) is 12.1 Å². The second-order valence-corrected chi connectivity index (χ2v) is 6.33. The van der Waals surface area contributed by atoms with Crippen molar-refractivity contribution in [2.75, 3.05) is 7.11 Å². The molecule has 134 valence electrons. The number of nitrogens with one attached hydrogen (secondary N) is 1. The van der Waals surface area contributed by atoms with Crippen molar-refractivity contribution in [3.05, 3.63) is 69.2 Å². The molecule has 26 heavy (non-hydrogen) atoms. The number of rotatable bonds is 4. The third kappa shape index (κ3) is 3.28. The summed E-state index contributed by atoms with van der Waals surface area (Å²) >= 11 is 6.01. The molecule has 0 bridgehead atoms. The number of para-hydroxylation sites is 1. The SMILES string of the molecule is COc1ccccc1C(=O)NC(C)c1nc2cc(Cl)ccc2c(=O)n1C. The number of ether oxygens (including phenoxy) is 1. The van der Waals surface area contributed by atoms with Gasteiger partial charge in [0.15, 0.2) is 0 Å². The zero-order chi connectivity index (χ0) is 18.8. The minimum Gasteiger partial charge on any atom is -0.496 e. The maximum Gasteiger partial charge on any atom is 0.261 e. The van der Waals surface area contributed by atoms with Gasteiger partial charge in [-0.25, -0.2) is 4.98 Å². The van der Waals surface area contributed by atoms with Gasteiger partial charge in [-0.3, -0.25) is 14.2 Å². The highest BCUT2D eigenvalue weighted by molar-refractivity contribution is 6.31. The van der Waals surface area contributed by atoms with Crippen LogP contribution >= 0.6 is 11.6 Å². The van der Waals surface area contributed by atoms with Crippen LogP contribution in [0.3, 0.4) is 0 Å². The molecule has 1 heterocycles. The molecule has 1 atom stereocenters. The van der Waals surface area contributed by atoms with Gasteiger partial charge in [0.2, 0.25) is 0 Å². The van der Waals surface area contributed by atoms with Gasteiger partial charge in [0.05, 0.1) is 29.6 Å². The lowest BCUT2D eigenvalue weighted by Gasteiger charge is -2.18. The third-order valence-electron chi connectivity index (χ3n) is 4.16. The highest BCUT2D eigenvalue weighted by atomic mass is 35.5. The van der Waals surface area contributed by atoms with E-state index in [0.717, 1.165) is 0 Å². The molecular formula is C19H18ClN3O3. The highest BCUT2D eigenvalue weighted by Gasteiger charge is 2.19. The van der Waals surface area contributed by atoms with E-state index in [9.17, 15) is 9.59 Å². The highest BCUT2D eigenvalue weighted by Crippen LogP contribution is 2.20. The number of carbonyl (C=O) groups excluding carboxylic acids is 1. The number of aromatic nitrogens is 2. The van der Waals surface area contributed by atoms with Crippen molar-refractivity contribution in [2.24, 2.45) is 7.05 Å². The van der Waals surface area contributed by atoms with Crippen LogP contribution in [-0.2, 0) is 7.05 Å². The lowest BCUT2D eigenvalue weighted by molar-refractivity contribution is 0.0934. The molecule has 1 N–H and O–H groups in total. The maximum absolute atomic E-state index is 12.6. The van der Waals surface area contributed by atoms with Gasteiger partial charge in [-0.1, -0.05) is 23.7 Å². The average molecular weight is 372 g/mol. The van der Waals surface area contributed by atoms with Crippen molar-refractivity contribution in [3.8, 4) is 5.75 Å². The molecule has 6 nitrogen and oxygen atoms in total. The van der Waals surface area contributed by atoms with Crippen LogP contribution in [0.4, 0.5) is 0 Å². The summed E-state index contributed by atoms with van der Waals surface area (Å²) in [4.78, 5) is 29.7.